The van der Waals surface area contributed by atoms with Gasteiger partial charge in [0, 0.05) is 11.0 Å². The first-order chi connectivity index (χ1) is 15.9. The third-order valence-corrected chi connectivity index (χ3v) is 8.17. The molecule has 3 heterocycles. The number of benzene rings is 1. The van der Waals surface area contributed by atoms with Crippen molar-refractivity contribution in [2.45, 2.75) is 24.6 Å². The molecule has 0 aliphatic carbocycles. The first kappa shape index (κ1) is 24.7. The fourth-order valence-electron chi connectivity index (χ4n) is 3.35. The van der Waals surface area contributed by atoms with Gasteiger partial charge in [-0.3, -0.25) is 9.11 Å². The summed E-state index contributed by atoms with van der Waals surface area (Å²) in [6.45, 7) is 3.74. The molecule has 0 saturated carbocycles. The molecule has 0 saturated heterocycles. The van der Waals surface area contributed by atoms with Crippen molar-refractivity contribution >= 4 is 65.5 Å². The van der Waals surface area contributed by atoms with Crippen LogP contribution in [0.25, 0.3) is 16.5 Å². The predicted octanol–water partition coefficient (Wildman–Crippen LogP) is 4.19. The lowest BCUT2D eigenvalue weighted by Crippen LogP contribution is -2.38. The molecule has 2 aromatic heterocycles. The maximum absolute atomic E-state index is 11.6. The van der Waals surface area contributed by atoms with Gasteiger partial charge < -0.3 is 9.32 Å². The van der Waals surface area contributed by atoms with Crippen LogP contribution in [0.1, 0.15) is 17.5 Å². The van der Waals surface area contributed by atoms with Crippen LogP contribution in [0.15, 0.2) is 68.7 Å². The summed E-state index contributed by atoms with van der Waals surface area (Å²) in [5, 5.41) is 1.21. The Hall–Kier alpha value is -2.42. The molecular weight excluding hydrogens is 521 g/mol. The molecule has 34 heavy (non-hydrogen) atoms. The fraction of sp³-hybridized carbons (Fsp3) is 0.190. The molecule has 1 aromatic carbocycles. The second-order valence-corrected chi connectivity index (χ2v) is 12.5. The number of anilines is 1. The van der Waals surface area contributed by atoms with E-state index in [1.54, 1.807) is 35.3 Å². The fourth-order valence-corrected chi connectivity index (χ4v) is 6.75. The van der Waals surface area contributed by atoms with Crippen molar-refractivity contribution in [1.82, 2.24) is 0 Å². The zero-order chi connectivity index (χ0) is 24.7. The number of thiazole rings is 1. The van der Waals surface area contributed by atoms with E-state index in [1.807, 2.05) is 32.0 Å². The molecule has 9 nitrogen and oxygen atoms in total. The molecule has 180 valence electrons. The molecule has 1 aliphatic rings. The Morgan fingerprint density at radius 2 is 1.94 bits per heavy atom. The molecule has 2 N–H and O–H groups in total. The van der Waals surface area contributed by atoms with Gasteiger partial charge in [-0.25, -0.2) is 0 Å². The van der Waals surface area contributed by atoms with Crippen molar-refractivity contribution in [3.63, 3.8) is 0 Å². The average Bonchev–Trinajstić information content (AvgIpc) is 3.38. The molecule has 0 atom stereocenters. The normalized spacial score (nSPS) is 16.3. The summed E-state index contributed by atoms with van der Waals surface area (Å²) in [5.41, 5.74) is 3.04. The number of rotatable bonds is 7. The lowest BCUT2D eigenvalue weighted by Gasteiger charge is -2.18. The van der Waals surface area contributed by atoms with Gasteiger partial charge in [-0.05, 0) is 49.0 Å². The second-order valence-electron chi connectivity index (χ2n) is 7.63. The van der Waals surface area contributed by atoms with Crippen LogP contribution in [-0.4, -0.2) is 31.8 Å². The summed E-state index contributed by atoms with van der Waals surface area (Å²) in [5.74, 6) is -1.16. The maximum Gasteiger partial charge on any atom is 0.326 e. The van der Waals surface area contributed by atoms with Crippen molar-refractivity contribution in [3.8, 4) is 0 Å². The van der Waals surface area contributed by atoms with Gasteiger partial charge in [0.15, 0.2) is 5.88 Å². The summed E-state index contributed by atoms with van der Waals surface area (Å²) in [4.78, 5) is 2.96. The van der Waals surface area contributed by atoms with E-state index < -0.39 is 32.0 Å². The van der Waals surface area contributed by atoms with E-state index in [0.29, 0.717) is 26.1 Å². The van der Waals surface area contributed by atoms with E-state index in [0.717, 1.165) is 16.0 Å². The van der Waals surface area contributed by atoms with Crippen molar-refractivity contribution in [2.75, 3.05) is 10.8 Å². The number of aryl methyl sites for hydroxylation is 1. The number of aromatic nitrogens is 1. The number of allylic oxidation sites excluding steroid dienone is 4. The van der Waals surface area contributed by atoms with E-state index >= 15 is 0 Å². The van der Waals surface area contributed by atoms with Crippen LogP contribution < -0.4 is 9.47 Å². The molecule has 4 rings (SSSR count). The molecule has 1 aliphatic heterocycles. The van der Waals surface area contributed by atoms with Crippen molar-refractivity contribution < 1.29 is 34.9 Å². The largest absolute Gasteiger partial charge is 0.448 e. The molecule has 13 heteroatoms. The Bertz CT molecular complexity index is 1560. The number of fused-ring (bicyclic) bond motifs is 2. The second kappa shape index (κ2) is 9.32. The van der Waals surface area contributed by atoms with E-state index in [4.69, 9.17) is 4.42 Å². The SMILES string of the molecule is CC(C=Cc1sc2occc2[n+]1CS(=O)(=O)O)=CC=C1Sc2ccc(C)cc2N1CS(=O)(=O)O. The van der Waals surface area contributed by atoms with Gasteiger partial charge in [-0.15, -0.1) is 0 Å². The minimum Gasteiger partial charge on any atom is -0.448 e. The minimum absolute atomic E-state index is 0.531. The highest BCUT2D eigenvalue weighted by Crippen LogP contribution is 2.46. The quantitative estimate of drug-likeness (QED) is 0.257. The average molecular weight is 542 g/mol. The Labute approximate surface area is 205 Å². The van der Waals surface area contributed by atoms with Crippen molar-refractivity contribution in [1.29, 1.82) is 0 Å². The Morgan fingerprint density at radius 3 is 2.65 bits per heavy atom. The number of furan rings is 1. The molecule has 0 amide bonds. The van der Waals surface area contributed by atoms with Crippen LogP contribution in [0.5, 0.6) is 0 Å². The van der Waals surface area contributed by atoms with Crippen molar-refractivity contribution in [3.05, 3.63) is 69.9 Å². The molecule has 0 unspecified atom stereocenters. The molecule has 0 radical (unpaired) electrons. The summed E-state index contributed by atoms with van der Waals surface area (Å²) in [6, 6.07) is 7.33. The monoisotopic (exact) mass is 541 g/mol. The summed E-state index contributed by atoms with van der Waals surface area (Å²) < 4.78 is 71.6. The van der Waals surface area contributed by atoms with Gasteiger partial charge >= 0.3 is 10.1 Å². The first-order valence-corrected chi connectivity index (χ1v) is 14.7. The Morgan fingerprint density at radius 1 is 1.18 bits per heavy atom. The lowest BCUT2D eigenvalue weighted by atomic mass is 10.2. The number of thioether (sulfide) groups is 1. The summed E-state index contributed by atoms with van der Waals surface area (Å²) >= 11 is 2.64. The third kappa shape index (κ3) is 5.79. The third-order valence-electron chi connectivity index (χ3n) is 4.81. The smallest absolute Gasteiger partial charge is 0.326 e. The lowest BCUT2D eigenvalue weighted by molar-refractivity contribution is -0.649. The Balaban J connectivity index is 1.62. The maximum atomic E-state index is 11.6. The van der Waals surface area contributed by atoms with E-state index in [-0.39, 0.29) is 0 Å². The van der Waals surface area contributed by atoms with Crippen molar-refractivity contribution in [2.24, 2.45) is 0 Å². The van der Waals surface area contributed by atoms with Crippen LogP contribution in [-0.2, 0) is 26.1 Å². The van der Waals surface area contributed by atoms with Gasteiger partial charge in [0.05, 0.1) is 23.0 Å². The first-order valence-electron chi connectivity index (χ1n) is 9.82. The number of hydrogen-bond donors (Lipinski definition) is 2. The molecule has 0 bridgehead atoms. The zero-order valence-electron chi connectivity index (χ0n) is 18.1. The summed E-state index contributed by atoms with van der Waals surface area (Å²) in [7, 11) is -8.51. The molecule has 0 spiro atoms. The number of nitrogens with zero attached hydrogens (tertiary/aromatic N) is 2. The standard InChI is InChI=1S/C21H20N2O7S4/c1-14(5-8-20-22(12-33(24,25)26)16-9-10-30-21(16)32-20)4-7-19-23(13-34(27,28)29)17-11-15(2)3-6-18(17)31-19/h3-11H,12-13H2,1-2H3,(H-,24,25,26,27,28,29)/p+1. The van der Waals surface area contributed by atoms with E-state index in [2.05, 4.69) is 0 Å². The van der Waals surface area contributed by atoms with Gasteiger partial charge in [0.1, 0.15) is 0 Å². The van der Waals surface area contributed by atoms with Crippen LogP contribution in [0.2, 0.25) is 0 Å². The van der Waals surface area contributed by atoms with Crippen LogP contribution in [0, 0.1) is 6.92 Å². The Kier molecular flexibility index (Phi) is 6.77. The highest BCUT2D eigenvalue weighted by Gasteiger charge is 2.28. The van der Waals surface area contributed by atoms with E-state index in [1.165, 1.54) is 33.9 Å². The summed E-state index contributed by atoms with van der Waals surface area (Å²) in [6.07, 6.45) is 8.48. The highest BCUT2D eigenvalue weighted by atomic mass is 32.2. The van der Waals surface area contributed by atoms with Crippen LogP contribution >= 0.6 is 23.1 Å². The molecule has 0 fully saturated rings. The zero-order valence-corrected chi connectivity index (χ0v) is 21.3. The highest BCUT2D eigenvalue weighted by molar-refractivity contribution is 8.03. The predicted molar refractivity (Wildman–Crippen MR) is 133 cm³/mol. The number of hydrogen-bond acceptors (Lipinski definition) is 8. The molecular formula is C21H21N2O7S4+. The van der Waals surface area contributed by atoms with Gasteiger partial charge in [-0.2, -0.15) is 21.4 Å². The van der Waals surface area contributed by atoms with Crippen LogP contribution in [0.3, 0.4) is 0 Å². The van der Waals surface area contributed by atoms with E-state index in [9.17, 15) is 25.9 Å². The minimum atomic E-state index is -4.26. The van der Waals surface area contributed by atoms with Crippen LogP contribution in [0.4, 0.5) is 5.69 Å². The van der Waals surface area contributed by atoms with Gasteiger partial charge in [0.25, 0.3) is 31.4 Å². The molecule has 3 aromatic rings. The topological polar surface area (TPSA) is 129 Å². The van der Waals surface area contributed by atoms with Gasteiger partial charge in [0.2, 0.25) is 0 Å². The van der Waals surface area contributed by atoms with Gasteiger partial charge in [-0.1, -0.05) is 35.6 Å².